The minimum Gasteiger partial charge on any atom is -0.285 e. The van der Waals surface area contributed by atoms with E-state index in [1.807, 2.05) is 0 Å². The molecule has 0 saturated carbocycles. The van der Waals surface area contributed by atoms with Gasteiger partial charge in [-0.3, -0.25) is 9.11 Å². The van der Waals surface area contributed by atoms with Crippen LogP contribution in [0.3, 0.4) is 0 Å². The van der Waals surface area contributed by atoms with Crippen molar-refractivity contribution in [3.05, 3.63) is 0 Å². The van der Waals surface area contributed by atoms with Gasteiger partial charge in [0.15, 0.2) is 0 Å². The Balaban J connectivity index is 0. The molecule has 0 aromatic carbocycles. The van der Waals surface area contributed by atoms with Crippen molar-refractivity contribution < 1.29 is 13.3 Å². The smallest absolute Gasteiger partial charge is 0.263 e. The Morgan fingerprint density at radius 3 is 1.78 bits per heavy atom. The van der Waals surface area contributed by atoms with E-state index in [2.05, 4.69) is 18.1 Å². The molecule has 0 heterocycles. The zero-order valence-electron chi connectivity index (χ0n) is 5.53. The average molecular weight is 180 g/mol. The van der Waals surface area contributed by atoms with Gasteiger partial charge in [-0.25, -0.2) is 0 Å². The molecule has 0 atom stereocenters. The van der Waals surface area contributed by atoms with Crippen molar-refractivity contribution in [1.29, 1.82) is 0 Å². The predicted molar refractivity (Wildman–Crippen MR) is 41.6 cm³/mol. The van der Waals surface area contributed by atoms with Gasteiger partial charge in [-0.05, 0) is 0 Å². The van der Waals surface area contributed by atoms with Crippen LogP contribution >= 0.6 is 0 Å². The van der Waals surface area contributed by atoms with Gasteiger partial charge < -0.3 is 0 Å². The molecule has 9 heavy (non-hydrogen) atoms. The van der Waals surface area contributed by atoms with Crippen molar-refractivity contribution in [1.82, 2.24) is 0 Å². The monoisotopic (exact) mass is 180 g/mol. The zero-order chi connectivity index (χ0) is 7.91. The summed E-state index contributed by atoms with van der Waals surface area (Å²) in [6, 6.07) is 0. The summed E-state index contributed by atoms with van der Waals surface area (Å²) in [5.74, 6) is 0. The molecule has 0 saturated heterocycles. The van der Waals surface area contributed by atoms with Crippen molar-refractivity contribution >= 4 is 48.2 Å². The van der Waals surface area contributed by atoms with Gasteiger partial charge in [-0.15, -0.1) is 0 Å². The topological polar surface area (TPSA) is 57.5 Å². The fourth-order valence-corrected chi connectivity index (χ4v) is 0. The van der Waals surface area contributed by atoms with Gasteiger partial charge >= 0.3 is 44.9 Å². The Morgan fingerprint density at radius 2 is 1.78 bits per heavy atom. The van der Waals surface area contributed by atoms with E-state index < -0.39 is 9.05 Å². The third kappa shape index (κ3) is 94.1. The summed E-state index contributed by atoms with van der Waals surface area (Å²) in [7, 11) is -3.83. The van der Waals surface area contributed by atoms with E-state index in [4.69, 9.17) is 13.3 Å². The summed E-state index contributed by atoms with van der Waals surface area (Å²) in [6.45, 7) is 2.22. The van der Waals surface area contributed by atoms with Gasteiger partial charge in [0.1, 0.15) is 0 Å². The average Bonchev–Trinajstić information content (AvgIpc) is 1.61. The second-order valence-electron chi connectivity index (χ2n) is 1.45. The largest absolute Gasteiger partial charge is 0.285 e. The van der Waals surface area contributed by atoms with Crippen molar-refractivity contribution in [2.75, 3.05) is 0 Å². The molecule has 0 aliphatic heterocycles. The minimum absolute atomic E-state index is 1.38. The van der Waals surface area contributed by atoms with Crippen LogP contribution in [0.5, 0.6) is 0 Å². The van der Waals surface area contributed by atoms with E-state index in [1.54, 1.807) is 0 Å². The number of hydrogen-bond acceptors (Lipinski definition) is 2. The molecule has 0 rings (SSSR count). The summed E-state index contributed by atoms with van der Waals surface area (Å²) in [4.78, 5) is 0. The maximum atomic E-state index is 9.11. The first kappa shape index (κ1) is 12.9. The zero-order valence-corrected chi connectivity index (χ0v) is 9.17. The van der Waals surface area contributed by atoms with E-state index >= 15 is 0 Å². The maximum Gasteiger partial charge on any atom is 0.263 e. The van der Waals surface area contributed by atoms with Gasteiger partial charge in [0.05, 0.1) is 0 Å². The first-order chi connectivity index (χ1) is 3.91. The molecule has 0 aromatic rings. The Labute approximate surface area is 78.0 Å². The standard InChI is InChI=1S/C3H7.Na.H2O3S2/c1-3-2;;1-5(2,3)4/h1,3H2,2H3;;(H2,1,2,3,4). The van der Waals surface area contributed by atoms with Crippen molar-refractivity contribution in [3.63, 3.8) is 0 Å². The van der Waals surface area contributed by atoms with Crippen LogP contribution in [0.25, 0.3) is 0 Å². The van der Waals surface area contributed by atoms with Crippen LogP contribution in [0, 0.1) is 0 Å². The Kier molecular flexibility index (Phi) is 10.6. The van der Waals surface area contributed by atoms with Gasteiger partial charge in [0, 0.05) is 11.2 Å². The van der Waals surface area contributed by atoms with E-state index in [0.717, 1.165) is 0 Å². The van der Waals surface area contributed by atoms with Crippen LogP contribution in [-0.4, -0.2) is 41.2 Å². The molecule has 0 aliphatic rings. The molecule has 6 heteroatoms. The number of rotatable bonds is 1. The SMILES string of the molecule is CC[CH2][Na].O=S(O)(O)=S. The second kappa shape index (κ2) is 7.40. The van der Waals surface area contributed by atoms with Gasteiger partial charge in [-0.1, -0.05) is 0 Å². The first-order valence-electron chi connectivity index (χ1n) is 2.61. The third-order valence-electron chi connectivity index (χ3n) is 0.500. The summed E-state index contributed by atoms with van der Waals surface area (Å²) >= 11 is 4.85. The molecule has 2 N–H and O–H groups in total. The third-order valence-corrected chi connectivity index (χ3v) is 1.50. The van der Waals surface area contributed by atoms with E-state index in [1.165, 1.54) is 38.0 Å². The Bertz CT molecular complexity index is 120. The first-order valence-corrected chi connectivity index (χ1v) is 6.42. The predicted octanol–water partition coefficient (Wildman–Crippen LogP) is 0.662. The summed E-state index contributed by atoms with van der Waals surface area (Å²) in [5.41, 5.74) is 0. The van der Waals surface area contributed by atoms with Crippen molar-refractivity contribution in [3.8, 4) is 0 Å². The van der Waals surface area contributed by atoms with Crippen LogP contribution in [0.2, 0.25) is 3.67 Å². The summed E-state index contributed by atoms with van der Waals surface area (Å²) < 4.78 is 25.4. The van der Waals surface area contributed by atoms with Gasteiger partial charge in [0.2, 0.25) is 0 Å². The molecule has 0 aliphatic carbocycles. The van der Waals surface area contributed by atoms with E-state index in [-0.39, 0.29) is 0 Å². The Hall–Kier alpha value is 1.29. The fraction of sp³-hybridized carbons (Fsp3) is 1.00. The Morgan fingerprint density at radius 1 is 1.67 bits per heavy atom. The second-order valence-corrected chi connectivity index (χ2v) is 4.65. The van der Waals surface area contributed by atoms with Crippen LogP contribution in [0.4, 0.5) is 0 Å². The van der Waals surface area contributed by atoms with Crippen LogP contribution in [0.1, 0.15) is 13.3 Å². The molecule has 0 spiro atoms. The molecule has 0 fully saturated rings. The van der Waals surface area contributed by atoms with E-state index in [9.17, 15) is 0 Å². The van der Waals surface area contributed by atoms with Crippen molar-refractivity contribution in [2.45, 2.75) is 17.0 Å². The van der Waals surface area contributed by atoms with Gasteiger partial charge in [-0.2, -0.15) is 4.21 Å². The molecule has 0 bridgehead atoms. The molecule has 52 valence electrons. The molecule has 0 radical (unpaired) electrons. The van der Waals surface area contributed by atoms with Crippen LogP contribution in [-0.2, 0) is 20.2 Å². The normalized spacial score (nSPS) is 9.89. The van der Waals surface area contributed by atoms with E-state index in [0.29, 0.717) is 0 Å². The van der Waals surface area contributed by atoms with Gasteiger partial charge in [0.25, 0.3) is 9.05 Å². The summed E-state index contributed by atoms with van der Waals surface area (Å²) in [5, 5.41) is 0. The number of hydrogen-bond donors (Lipinski definition) is 2. The maximum absolute atomic E-state index is 9.11. The van der Waals surface area contributed by atoms with Crippen LogP contribution < -0.4 is 0 Å². The molecule has 0 unspecified atom stereocenters. The quantitative estimate of drug-likeness (QED) is 0.582. The fourth-order valence-electron chi connectivity index (χ4n) is 0. The molecule has 0 aromatic heterocycles. The molecular formula is C3H9NaO3S2. The summed E-state index contributed by atoms with van der Waals surface area (Å²) in [6.07, 6.45) is 1.38. The van der Waals surface area contributed by atoms with Crippen molar-refractivity contribution in [2.24, 2.45) is 0 Å². The molecular weight excluding hydrogens is 171 g/mol. The molecule has 0 amide bonds. The minimum atomic E-state index is -3.83. The van der Waals surface area contributed by atoms with Crippen LogP contribution in [0.15, 0.2) is 0 Å². The molecule has 3 nitrogen and oxygen atoms in total.